The molecule has 0 aromatic carbocycles. The second-order valence-corrected chi connectivity index (χ2v) is 18.8. The van der Waals surface area contributed by atoms with Gasteiger partial charge in [0.05, 0.1) is 6.61 Å². The van der Waals surface area contributed by atoms with E-state index in [1.165, 1.54) is 44.9 Å². The van der Waals surface area contributed by atoms with Gasteiger partial charge in [-0.2, -0.15) is 0 Å². The monoisotopic (exact) mass is 999 g/mol. The van der Waals surface area contributed by atoms with Crippen LogP contribution in [0.1, 0.15) is 226 Å². The zero-order valence-electron chi connectivity index (χ0n) is 44.4. The molecule has 1 heterocycles. The molecule has 6 atom stereocenters. The van der Waals surface area contributed by atoms with E-state index in [0.717, 1.165) is 122 Å². The lowest BCUT2D eigenvalue weighted by Gasteiger charge is -2.40. The average Bonchev–Trinajstić information content (AvgIpc) is 3.35. The Kier molecular flexibility index (Phi) is 43.3. The highest BCUT2D eigenvalue weighted by Crippen LogP contribution is 2.26. The normalized spacial score (nSPS) is 19.0. The first-order valence-electron chi connectivity index (χ1n) is 27.9. The molecule has 0 bridgehead atoms. The van der Waals surface area contributed by atoms with Gasteiger partial charge in [0.2, 0.25) is 0 Å². The highest BCUT2D eigenvalue weighted by molar-refractivity contribution is 5.74. The van der Waals surface area contributed by atoms with Gasteiger partial charge in [-0.25, -0.2) is 4.79 Å². The van der Waals surface area contributed by atoms with E-state index in [2.05, 4.69) is 93.7 Å². The van der Waals surface area contributed by atoms with E-state index in [1.807, 2.05) is 0 Å². The zero-order chi connectivity index (χ0) is 51.8. The molecule has 1 saturated heterocycles. The number of hydrogen-bond acceptors (Lipinski definition) is 11. The number of rotatable bonds is 46. The number of carbonyl (C=O) groups excluding carboxylic acids is 3. The third-order valence-electron chi connectivity index (χ3n) is 12.3. The average molecular weight is 999 g/mol. The molecule has 0 spiro atoms. The van der Waals surface area contributed by atoms with Crippen LogP contribution in [-0.4, -0.2) is 89.2 Å². The van der Waals surface area contributed by atoms with Crippen LogP contribution < -0.4 is 0 Å². The van der Waals surface area contributed by atoms with Gasteiger partial charge in [-0.3, -0.25) is 14.4 Å². The van der Waals surface area contributed by atoms with Crippen molar-refractivity contribution in [1.82, 2.24) is 0 Å². The van der Waals surface area contributed by atoms with Crippen molar-refractivity contribution in [2.24, 2.45) is 0 Å². The summed E-state index contributed by atoms with van der Waals surface area (Å²) in [5.41, 5.74) is 0. The fraction of sp³-hybridized carbons (Fsp3) is 0.729. The molecule has 406 valence electrons. The number of carboxylic acids is 1. The SMILES string of the molecule is CC/C=C\C/C=C\C/C=C\CCCCCCCCCC(=O)OC1C(OCC(COC(=O)CCCCC/C=C\C/C=C\C/C=C\CC)OC(=O)CCCCCCCCCCCCC)OC(C(=O)O)C(O)C1O. The molecule has 0 aliphatic carbocycles. The number of aliphatic carboxylic acids is 1. The number of allylic oxidation sites excluding steroid dienone is 12. The van der Waals surface area contributed by atoms with E-state index in [9.17, 15) is 34.5 Å². The number of unbranched alkanes of at least 4 members (excludes halogenated alkanes) is 20. The first-order chi connectivity index (χ1) is 34.6. The largest absolute Gasteiger partial charge is 0.479 e. The predicted octanol–water partition coefficient (Wildman–Crippen LogP) is 13.8. The third-order valence-corrected chi connectivity index (χ3v) is 12.3. The molecule has 6 unspecified atom stereocenters. The summed E-state index contributed by atoms with van der Waals surface area (Å²) in [5, 5.41) is 31.4. The maximum atomic E-state index is 13.1. The summed E-state index contributed by atoms with van der Waals surface area (Å²) in [6, 6.07) is 0. The molecule has 0 aromatic rings. The van der Waals surface area contributed by atoms with E-state index in [1.54, 1.807) is 0 Å². The van der Waals surface area contributed by atoms with Crippen molar-refractivity contribution in [2.75, 3.05) is 13.2 Å². The molecule has 0 aromatic heterocycles. The van der Waals surface area contributed by atoms with Crippen LogP contribution in [0.25, 0.3) is 0 Å². The Balaban J connectivity index is 2.71. The van der Waals surface area contributed by atoms with Crippen molar-refractivity contribution < 1.29 is 58.2 Å². The molecule has 71 heavy (non-hydrogen) atoms. The molecule has 3 N–H and O–H groups in total. The Labute approximate surface area is 429 Å². The lowest BCUT2D eigenvalue weighted by molar-refractivity contribution is -0.301. The molecule has 1 aliphatic rings. The molecule has 0 radical (unpaired) electrons. The van der Waals surface area contributed by atoms with Gasteiger partial charge in [0.15, 0.2) is 24.6 Å². The third kappa shape index (κ3) is 37.6. The van der Waals surface area contributed by atoms with Crippen LogP contribution in [-0.2, 0) is 42.9 Å². The minimum Gasteiger partial charge on any atom is -0.479 e. The van der Waals surface area contributed by atoms with Crippen molar-refractivity contribution in [3.8, 4) is 0 Å². The van der Waals surface area contributed by atoms with Crippen molar-refractivity contribution in [3.63, 3.8) is 0 Å². The van der Waals surface area contributed by atoms with E-state index >= 15 is 0 Å². The summed E-state index contributed by atoms with van der Waals surface area (Å²) in [6.07, 6.45) is 46.0. The van der Waals surface area contributed by atoms with Crippen LogP contribution in [0.5, 0.6) is 0 Å². The smallest absolute Gasteiger partial charge is 0.335 e. The van der Waals surface area contributed by atoms with Crippen molar-refractivity contribution >= 4 is 23.9 Å². The van der Waals surface area contributed by atoms with Gasteiger partial charge in [-0.05, 0) is 83.5 Å². The van der Waals surface area contributed by atoms with Crippen LogP contribution in [0.2, 0.25) is 0 Å². The van der Waals surface area contributed by atoms with Crippen LogP contribution in [0.4, 0.5) is 0 Å². The standard InChI is InChI=1S/C59H98O12/c1-4-7-10-13-16-19-22-24-25-26-27-29-32-35-38-41-44-47-53(62)70-57-55(64)54(63)56(58(65)66)71-59(57)68-49-50(69-52(61)46-43-40-37-34-30-21-18-15-12-9-6-3)48-67-51(60)45-42-39-36-33-31-28-23-20-17-14-11-8-5-2/h7-8,10-11,16-17,19-20,24-25,28,31,50,54-57,59,63-64H,4-6,9,12-15,18,21-23,26-27,29-30,32-49H2,1-3H3,(H,65,66)/b10-7-,11-8-,19-16-,20-17-,25-24-,31-28-. The number of esters is 3. The highest BCUT2D eigenvalue weighted by atomic mass is 16.7. The molecule has 1 aliphatic heterocycles. The summed E-state index contributed by atoms with van der Waals surface area (Å²) >= 11 is 0. The minimum atomic E-state index is -1.91. The highest BCUT2D eigenvalue weighted by Gasteiger charge is 2.50. The summed E-state index contributed by atoms with van der Waals surface area (Å²) in [6.45, 7) is 5.72. The molecule has 1 rings (SSSR count). The van der Waals surface area contributed by atoms with Gasteiger partial charge >= 0.3 is 23.9 Å². The lowest BCUT2D eigenvalue weighted by Crippen LogP contribution is -2.61. The van der Waals surface area contributed by atoms with Gasteiger partial charge in [-0.15, -0.1) is 0 Å². The molecule has 12 heteroatoms. The number of carbonyl (C=O) groups is 4. The quantitative estimate of drug-likeness (QED) is 0.0228. The van der Waals surface area contributed by atoms with E-state index in [0.29, 0.717) is 19.3 Å². The summed E-state index contributed by atoms with van der Waals surface area (Å²) in [4.78, 5) is 50.9. The van der Waals surface area contributed by atoms with Gasteiger partial charge in [0.1, 0.15) is 18.8 Å². The number of hydrogen-bond donors (Lipinski definition) is 3. The second-order valence-electron chi connectivity index (χ2n) is 18.8. The fourth-order valence-electron chi connectivity index (χ4n) is 8.04. The number of aliphatic hydroxyl groups is 2. The van der Waals surface area contributed by atoms with Crippen LogP contribution in [0, 0.1) is 0 Å². The predicted molar refractivity (Wildman–Crippen MR) is 285 cm³/mol. The van der Waals surface area contributed by atoms with Gasteiger partial charge in [0, 0.05) is 19.3 Å². The molecule has 1 fully saturated rings. The van der Waals surface area contributed by atoms with Gasteiger partial charge < -0.3 is 39.0 Å². The van der Waals surface area contributed by atoms with Crippen molar-refractivity contribution in [2.45, 2.75) is 263 Å². The Morgan fingerprint density at radius 2 is 0.887 bits per heavy atom. The number of ether oxygens (including phenoxy) is 5. The number of carboxylic acid groups (broad SMARTS) is 1. The van der Waals surface area contributed by atoms with Crippen LogP contribution in [0.15, 0.2) is 72.9 Å². The Morgan fingerprint density at radius 3 is 1.37 bits per heavy atom. The van der Waals surface area contributed by atoms with Crippen LogP contribution in [0.3, 0.4) is 0 Å². The molecular formula is C59H98O12. The topological polar surface area (TPSA) is 175 Å². The summed E-state index contributed by atoms with van der Waals surface area (Å²) in [5.74, 6) is -3.17. The zero-order valence-corrected chi connectivity index (χ0v) is 44.4. The Hall–Kier alpha value is -3.84. The first-order valence-corrected chi connectivity index (χ1v) is 27.9. The second kappa shape index (κ2) is 47.2. The fourth-order valence-corrected chi connectivity index (χ4v) is 8.04. The minimum absolute atomic E-state index is 0.0451. The summed E-state index contributed by atoms with van der Waals surface area (Å²) < 4.78 is 28.3. The van der Waals surface area contributed by atoms with Gasteiger partial charge in [0.25, 0.3) is 0 Å². The van der Waals surface area contributed by atoms with Gasteiger partial charge in [-0.1, -0.05) is 196 Å². The van der Waals surface area contributed by atoms with Crippen LogP contribution >= 0.6 is 0 Å². The van der Waals surface area contributed by atoms with E-state index in [-0.39, 0.29) is 25.9 Å². The molecule has 12 nitrogen and oxygen atoms in total. The van der Waals surface area contributed by atoms with Crippen molar-refractivity contribution in [1.29, 1.82) is 0 Å². The number of aliphatic hydroxyl groups excluding tert-OH is 2. The maximum Gasteiger partial charge on any atom is 0.335 e. The summed E-state index contributed by atoms with van der Waals surface area (Å²) in [7, 11) is 0. The maximum absolute atomic E-state index is 13.1. The Bertz CT molecular complexity index is 1510. The first kappa shape index (κ1) is 65.2. The van der Waals surface area contributed by atoms with E-state index < -0.39 is 67.3 Å². The molecular weight excluding hydrogens is 901 g/mol. The van der Waals surface area contributed by atoms with E-state index in [4.69, 9.17) is 23.7 Å². The Morgan fingerprint density at radius 1 is 0.479 bits per heavy atom. The van der Waals surface area contributed by atoms with Crippen molar-refractivity contribution in [3.05, 3.63) is 72.9 Å². The molecule has 0 saturated carbocycles. The molecule has 0 amide bonds. The lowest BCUT2D eigenvalue weighted by atomic mass is 9.98.